The molecule has 1 aliphatic heterocycles. The Bertz CT molecular complexity index is 567. The molecule has 1 rings (SSSR count). The van der Waals surface area contributed by atoms with Crippen LogP contribution >= 0.6 is 0 Å². The summed E-state index contributed by atoms with van der Waals surface area (Å²) < 4.78 is 9.91. The van der Waals surface area contributed by atoms with Crippen LogP contribution in [0, 0.1) is 0 Å². The second kappa shape index (κ2) is 10.4. The van der Waals surface area contributed by atoms with Crippen molar-refractivity contribution in [1.82, 2.24) is 10.6 Å². The number of amides is 2. The van der Waals surface area contributed by atoms with Gasteiger partial charge < -0.3 is 35.4 Å². The van der Waals surface area contributed by atoms with E-state index in [2.05, 4.69) is 15.4 Å². The van der Waals surface area contributed by atoms with E-state index in [4.69, 9.17) is 4.74 Å². The highest BCUT2D eigenvalue weighted by atomic mass is 16.5. The molecule has 1 fully saturated rings. The normalized spacial score (nSPS) is 30.4. The third-order valence-corrected chi connectivity index (χ3v) is 4.25. The van der Waals surface area contributed by atoms with E-state index in [9.17, 15) is 29.7 Å². The van der Waals surface area contributed by atoms with Gasteiger partial charge in [-0.25, -0.2) is 4.79 Å². The molecule has 0 saturated carbocycles. The minimum absolute atomic E-state index is 0.128. The van der Waals surface area contributed by atoms with Crippen molar-refractivity contribution in [2.45, 2.75) is 69.8 Å². The summed E-state index contributed by atoms with van der Waals surface area (Å²) in [6, 6.07) is -1.73. The fourth-order valence-corrected chi connectivity index (χ4v) is 2.54. The topological polar surface area (TPSA) is 154 Å². The summed E-state index contributed by atoms with van der Waals surface area (Å²) in [7, 11) is 1.20. The summed E-state index contributed by atoms with van der Waals surface area (Å²) in [5.74, 6) is -1.71. The average Bonchev–Trinajstić information content (AvgIpc) is 2.62. The summed E-state index contributed by atoms with van der Waals surface area (Å²) in [6.45, 7) is 4.48. The maximum atomic E-state index is 11.9. The smallest absolute Gasteiger partial charge is 0.328 e. The fraction of sp³-hybridized carbons (Fsp3) is 0.706. The van der Waals surface area contributed by atoms with Crippen LogP contribution in [0.2, 0.25) is 0 Å². The number of aliphatic hydroxyl groups excluding tert-OH is 3. The number of carbonyl (C=O) groups excluding carboxylic acids is 3. The van der Waals surface area contributed by atoms with E-state index in [1.54, 1.807) is 6.92 Å². The van der Waals surface area contributed by atoms with Crippen molar-refractivity contribution in [3.63, 3.8) is 0 Å². The van der Waals surface area contributed by atoms with Gasteiger partial charge in [0.25, 0.3) is 0 Å². The van der Waals surface area contributed by atoms with Gasteiger partial charge in [0, 0.05) is 0 Å². The lowest BCUT2D eigenvalue weighted by atomic mass is 9.94. The Labute approximate surface area is 157 Å². The van der Waals surface area contributed by atoms with Gasteiger partial charge in [-0.3, -0.25) is 9.59 Å². The molecule has 154 valence electrons. The van der Waals surface area contributed by atoms with Crippen LogP contribution in [0.3, 0.4) is 0 Å². The highest BCUT2D eigenvalue weighted by Crippen LogP contribution is 2.23. The first kappa shape index (κ1) is 23.0. The van der Waals surface area contributed by atoms with Crippen LogP contribution in [0.15, 0.2) is 12.2 Å². The zero-order chi connectivity index (χ0) is 20.7. The van der Waals surface area contributed by atoms with Crippen molar-refractivity contribution < 1.29 is 39.2 Å². The van der Waals surface area contributed by atoms with E-state index in [0.717, 1.165) is 0 Å². The number of esters is 1. The van der Waals surface area contributed by atoms with E-state index in [0.29, 0.717) is 0 Å². The fourth-order valence-electron chi connectivity index (χ4n) is 2.54. The quantitative estimate of drug-likeness (QED) is 0.247. The third-order valence-electron chi connectivity index (χ3n) is 4.25. The Kier molecular flexibility index (Phi) is 8.83. The van der Waals surface area contributed by atoms with Gasteiger partial charge in [-0.15, -0.1) is 0 Å². The molecule has 1 saturated heterocycles. The first-order chi connectivity index (χ1) is 12.6. The number of carbonyl (C=O) groups is 3. The molecule has 2 amide bonds. The molecule has 1 aliphatic rings. The van der Waals surface area contributed by atoms with Gasteiger partial charge in [-0.2, -0.15) is 0 Å². The largest absolute Gasteiger partial charge is 0.467 e. The Hall–Kier alpha value is -2.01. The van der Waals surface area contributed by atoms with Crippen molar-refractivity contribution in [2.24, 2.45) is 0 Å². The second-order valence-electron chi connectivity index (χ2n) is 6.47. The van der Waals surface area contributed by atoms with E-state index in [1.165, 1.54) is 33.1 Å². The Morgan fingerprint density at radius 1 is 1.07 bits per heavy atom. The van der Waals surface area contributed by atoms with Gasteiger partial charge in [-0.1, -0.05) is 6.08 Å². The van der Waals surface area contributed by atoms with E-state index >= 15 is 0 Å². The summed E-state index contributed by atoms with van der Waals surface area (Å²) in [5.41, 5.74) is 0. The molecule has 10 heteroatoms. The van der Waals surface area contributed by atoms with Crippen molar-refractivity contribution in [2.75, 3.05) is 7.11 Å². The Morgan fingerprint density at radius 3 is 2.30 bits per heavy atom. The first-order valence-corrected chi connectivity index (χ1v) is 8.63. The summed E-state index contributed by atoms with van der Waals surface area (Å²) >= 11 is 0. The van der Waals surface area contributed by atoms with Crippen LogP contribution < -0.4 is 10.6 Å². The molecular formula is C17H28N2O8. The molecule has 7 atom stereocenters. The molecule has 0 unspecified atom stereocenters. The SMILES string of the molecule is COC(=O)[C@H](C)NC(=O)[C@H](C)NC(=O)/C=C/C[C@@H]1O[C@@H](C)[C@@H](O)[C@@H](O)[C@@H]1O. The van der Waals surface area contributed by atoms with E-state index in [-0.39, 0.29) is 6.42 Å². The number of aliphatic hydroxyl groups is 3. The molecule has 0 aliphatic carbocycles. The standard InChI is InChI=1S/C17H28N2O8/c1-8(16(24)19-9(2)17(25)26-4)18-12(20)7-5-6-11-14(22)15(23)13(21)10(3)27-11/h5,7-11,13-15,21-23H,6H2,1-4H3,(H,18,20)(H,19,24)/b7-5+/t8-,9-,10-,11-,13+,14+,15+/m0/s1. The van der Waals surface area contributed by atoms with Crippen molar-refractivity contribution in [1.29, 1.82) is 0 Å². The van der Waals surface area contributed by atoms with Crippen LogP contribution in [0.5, 0.6) is 0 Å². The average molecular weight is 388 g/mol. The summed E-state index contributed by atoms with van der Waals surface area (Å²) in [4.78, 5) is 35.1. The summed E-state index contributed by atoms with van der Waals surface area (Å²) in [6.07, 6.45) is -2.50. The molecule has 0 aromatic carbocycles. The first-order valence-electron chi connectivity index (χ1n) is 8.63. The number of hydrogen-bond donors (Lipinski definition) is 5. The Balaban J connectivity index is 2.47. The summed E-state index contributed by atoms with van der Waals surface area (Å²) in [5, 5.41) is 34.1. The Morgan fingerprint density at radius 2 is 1.70 bits per heavy atom. The molecule has 27 heavy (non-hydrogen) atoms. The zero-order valence-electron chi connectivity index (χ0n) is 15.8. The van der Waals surface area contributed by atoms with Crippen LogP contribution in [0.25, 0.3) is 0 Å². The van der Waals surface area contributed by atoms with Crippen LogP contribution in [-0.2, 0) is 23.9 Å². The van der Waals surface area contributed by atoms with Crippen molar-refractivity contribution in [3.05, 3.63) is 12.2 Å². The molecule has 10 nitrogen and oxygen atoms in total. The zero-order valence-corrected chi connectivity index (χ0v) is 15.8. The molecule has 0 bridgehead atoms. The number of nitrogens with one attached hydrogen (secondary N) is 2. The van der Waals surface area contributed by atoms with Crippen molar-refractivity contribution in [3.8, 4) is 0 Å². The van der Waals surface area contributed by atoms with Gasteiger partial charge in [-0.05, 0) is 33.3 Å². The monoisotopic (exact) mass is 388 g/mol. The predicted molar refractivity (Wildman–Crippen MR) is 93.3 cm³/mol. The lowest BCUT2D eigenvalue weighted by Crippen LogP contribution is -2.56. The number of methoxy groups -OCH3 is 1. The lowest BCUT2D eigenvalue weighted by Gasteiger charge is -2.39. The maximum Gasteiger partial charge on any atom is 0.328 e. The van der Waals surface area contributed by atoms with Crippen LogP contribution in [0.4, 0.5) is 0 Å². The predicted octanol–water partition coefficient (Wildman–Crippen LogP) is -2.01. The lowest BCUT2D eigenvalue weighted by molar-refractivity contribution is -0.215. The van der Waals surface area contributed by atoms with E-state index in [1.807, 2.05) is 0 Å². The van der Waals surface area contributed by atoms with Gasteiger partial charge in [0.15, 0.2) is 0 Å². The minimum atomic E-state index is -1.33. The molecule has 0 aromatic heterocycles. The molecule has 0 aromatic rings. The number of rotatable bonds is 7. The minimum Gasteiger partial charge on any atom is -0.467 e. The van der Waals surface area contributed by atoms with E-state index < -0.39 is 60.4 Å². The number of ether oxygens (including phenoxy) is 2. The van der Waals surface area contributed by atoms with Crippen LogP contribution in [-0.4, -0.2) is 82.8 Å². The third kappa shape index (κ3) is 6.58. The van der Waals surface area contributed by atoms with Gasteiger partial charge in [0.2, 0.25) is 11.8 Å². The second-order valence-corrected chi connectivity index (χ2v) is 6.47. The molecular weight excluding hydrogens is 360 g/mol. The molecule has 0 radical (unpaired) electrons. The van der Waals surface area contributed by atoms with Gasteiger partial charge in [0.1, 0.15) is 30.4 Å². The highest BCUT2D eigenvalue weighted by Gasteiger charge is 2.40. The number of hydrogen-bond acceptors (Lipinski definition) is 8. The van der Waals surface area contributed by atoms with Gasteiger partial charge in [0.05, 0.1) is 19.3 Å². The highest BCUT2D eigenvalue weighted by molar-refractivity contribution is 5.93. The molecule has 0 spiro atoms. The maximum absolute atomic E-state index is 11.9. The molecule has 1 heterocycles. The van der Waals surface area contributed by atoms with Gasteiger partial charge >= 0.3 is 5.97 Å². The molecule has 5 N–H and O–H groups in total. The van der Waals surface area contributed by atoms with Crippen LogP contribution in [0.1, 0.15) is 27.2 Å². The van der Waals surface area contributed by atoms with Crippen molar-refractivity contribution >= 4 is 17.8 Å².